The lowest BCUT2D eigenvalue weighted by molar-refractivity contribution is -0.309. The number of hydrazine groups is 1. The summed E-state index contributed by atoms with van der Waals surface area (Å²) in [5.74, 6) is 6.18. The van der Waals surface area contributed by atoms with Crippen LogP contribution >= 0.6 is 0 Å². The van der Waals surface area contributed by atoms with E-state index in [1.54, 1.807) is 24.5 Å². The highest BCUT2D eigenvalue weighted by molar-refractivity contribution is 5.90. The average molecular weight is 457 g/mol. The molecule has 0 spiro atoms. The van der Waals surface area contributed by atoms with E-state index in [2.05, 4.69) is 42.0 Å². The Morgan fingerprint density at radius 1 is 1.33 bits per heavy atom. The second-order valence-electron chi connectivity index (χ2n) is 10.1. The van der Waals surface area contributed by atoms with Gasteiger partial charge in [-0.1, -0.05) is 20.8 Å². The van der Waals surface area contributed by atoms with Gasteiger partial charge in [0.25, 0.3) is 0 Å². The number of hydrogen-bond donors (Lipinski definition) is 3. The lowest BCUT2D eigenvalue weighted by Crippen LogP contribution is -2.59. The number of rotatable bonds is 6. The van der Waals surface area contributed by atoms with Crippen molar-refractivity contribution in [2.24, 2.45) is 11.3 Å². The molecule has 1 aliphatic rings. The minimum atomic E-state index is -0.635. The molecule has 2 aromatic rings. The van der Waals surface area contributed by atoms with Gasteiger partial charge in [0, 0.05) is 13.6 Å². The topological polar surface area (TPSA) is 124 Å². The van der Waals surface area contributed by atoms with Crippen LogP contribution in [0.25, 0.3) is 11.0 Å². The van der Waals surface area contributed by atoms with E-state index in [0.29, 0.717) is 19.5 Å². The third kappa shape index (κ3) is 5.20. The molecule has 1 saturated heterocycles. The number of aryl methyl sites for hydroxylation is 2. The second-order valence-corrected chi connectivity index (χ2v) is 10.1. The summed E-state index contributed by atoms with van der Waals surface area (Å²) < 4.78 is 2.03. The van der Waals surface area contributed by atoms with E-state index in [0.717, 1.165) is 23.2 Å². The Balaban J connectivity index is 1.84. The summed E-state index contributed by atoms with van der Waals surface area (Å²) in [6.45, 7) is 11.1. The van der Waals surface area contributed by atoms with Crippen molar-refractivity contribution in [1.29, 1.82) is 0 Å². The summed E-state index contributed by atoms with van der Waals surface area (Å²) in [4.78, 5) is 32.0. The van der Waals surface area contributed by atoms with Crippen LogP contribution in [0.3, 0.4) is 0 Å². The number of imidazole rings is 1. The fourth-order valence-corrected chi connectivity index (χ4v) is 4.56. The molecule has 1 aromatic heterocycles. The number of likely N-dealkylation sites (N-methyl/N-ethyl adjacent to an activating group) is 1. The number of nitrogens with one attached hydrogen (secondary N) is 1. The standard InChI is InChI=1S/C24H37N7O2/c1-15-10-18-20(11-16(15)2)29(14-28-18)12-17(25)13-31(26)21(24(3,4)5)23(33)30-9-7-8-19(30)22(32)27-6/h10-11,13-14,19,21H,7-9,12,25-26H2,1-6H3,(H,27,32)/p+1/b17-13-. The maximum absolute atomic E-state index is 13.6. The third-order valence-corrected chi connectivity index (χ3v) is 6.38. The van der Waals surface area contributed by atoms with E-state index < -0.39 is 17.5 Å². The fraction of sp³-hybridized carbons (Fsp3) is 0.542. The van der Waals surface area contributed by atoms with Crippen LogP contribution in [0, 0.1) is 19.3 Å². The van der Waals surface area contributed by atoms with Crippen molar-refractivity contribution < 1.29 is 15.3 Å². The summed E-state index contributed by atoms with van der Waals surface area (Å²) in [5, 5.41) is 4.13. The number of quaternary nitrogens is 1. The number of aromatic nitrogens is 2. The molecule has 33 heavy (non-hydrogen) atoms. The molecule has 180 valence electrons. The van der Waals surface area contributed by atoms with Crippen LogP contribution in [0.5, 0.6) is 0 Å². The molecule has 1 aliphatic heterocycles. The fourth-order valence-electron chi connectivity index (χ4n) is 4.56. The first-order valence-corrected chi connectivity index (χ1v) is 11.4. The molecule has 0 saturated carbocycles. The summed E-state index contributed by atoms with van der Waals surface area (Å²) in [6, 6.07) is 3.12. The number of carbonyl (C=O) groups excluding carboxylic acids is 2. The van der Waals surface area contributed by atoms with E-state index in [9.17, 15) is 9.59 Å². The summed E-state index contributed by atoms with van der Waals surface area (Å²) in [6.07, 6.45) is 4.99. The van der Waals surface area contributed by atoms with Gasteiger partial charge in [-0.2, -0.15) is 0 Å². The van der Waals surface area contributed by atoms with Crippen molar-refractivity contribution in [1.82, 2.24) is 24.8 Å². The van der Waals surface area contributed by atoms with Crippen molar-refractivity contribution in [3.63, 3.8) is 0 Å². The Kier molecular flexibility index (Phi) is 7.14. The summed E-state index contributed by atoms with van der Waals surface area (Å²) >= 11 is 0. The Hall–Kier alpha value is -2.91. The zero-order chi connectivity index (χ0) is 24.5. The summed E-state index contributed by atoms with van der Waals surface area (Å²) in [5.41, 5.74) is 8.86. The van der Waals surface area contributed by atoms with Crippen molar-refractivity contribution >= 4 is 22.8 Å². The zero-order valence-corrected chi connectivity index (χ0v) is 20.7. The number of carbonyl (C=O) groups is 2. The van der Waals surface area contributed by atoms with Gasteiger partial charge in [-0.15, -0.1) is 0 Å². The molecule has 2 atom stereocenters. The van der Waals surface area contributed by atoms with E-state index in [1.165, 1.54) is 16.1 Å². The molecule has 9 heteroatoms. The highest BCUT2D eigenvalue weighted by Crippen LogP contribution is 2.28. The average Bonchev–Trinajstić information content (AvgIpc) is 3.34. The zero-order valence-electron chi connectivity index (χ0n) is 20.7. The Morgan fingerprint density at radius 2 is 2.00 bits per heavy atom. The normalized spacial score (nSPS) is 18.0. The molecule has 1 aromatic carbocycles. The highest BCUT2D eigenvalue weighted by Gasteiger charge is 2.42. The Labute approximate surface area is 195 Å². The molecular weight excluding hydrogens is 418 g/mol. The highest BCUT2D eigenvalue weighted by atomic mass is 16.2. The molecule has 9 nitrogen and oxygen atoms in total. The molecule has 0 radical (unpaired) electrons. The third-order valence-electron chi connectivity index (χ3n) is 6.38. The van der Waals surface area contributed by atoms with Crippen LogP contribution < -0.4 is 16.9 Å². The number of nitrogens with zero attached hydrogens (tertiary/aromatic N) is 4. The number of fused-ring (bicyclic) bond motifs is 1. The molecule has 0 aliphatic carbocycles. The number of allylic oxidation sites excluding steroid dienone is 1. The minimum Gasteiger partial charge on any atom is -0.357 e. The largest absolute Gasteiger partial charge is 0.357 e. The number of benzene rings is 1. The van der Waals surface area contributed by atoms with Crippen LogP contribution in [0.4, 0.5) is 0 Å². The van der Waals surface area contributed by atoms with Gasteiger partial charge >= 0.3 is 0 Å². The lowest BCUT2D eigenvalue weighted by Gasteiger charge is -2.39. The first-order valence-electron chi connectivity index (χ1n) is 11.4. The molecule has 2 amide bonds. The van der Waals surface area contributed by atoms with Gasteiger partial charge in [-0.3, -0.25) is 14.6 Å². The SMILES string of the molecule is CNC(=O)C1CCCN1C(=O)C(N(N)/C=C(\[NH3+])Cn1cnc2cc(C)c(C)cc21)C(C)(C)C. The van der Waals surface area contributed by atoms with Gasteiger partial charge in [0.2, 0.25) is 11.8 Å². The quantitative estimate of drug-likeness (QED) is 0.443. The van der Waals surface area contributed by atoms with E-state index in [4.69, 9.17) is 5.84 Å². The summed E-state index contributed by atoms with van der Waals surface area (Å²) in [7, 11) is 1.60. The molecule has 0 bridgehead atoms. The number of likely N-dealkylation sites (tertiary alicyclic amines) is 1. The first kappa shape index (κ1) is 24.7. The van der Waals surface area contributed by atoms with Crippen LogP contribution in [-0.2, 0) is 16.1 Å². The van der Waals surface area contributed by atoms with Gasteiger partial charge in [0.1, 0.15) is 17.8 Å². The first-order chi connectivity index (χ1) is 15.4. The Morgan fingerprint density at radius 3 is 2.64 bits per heavy atom. The van der Waals surface area contributed by atoms with Gasteiger partial charge in [0.05, 0.1) is 30.1 Å². The van der Waals surface area contributed by atoms with Crippen molar-refractivity contribution in [3.05, 3.63) is 41.5 Å². The van der Waals surface area contributed by atoms with E-state index >= 15 is 0 Å². The Bertz CT molecular complexity index is 1070. The van der Waals surface area contributed by atoms with E-state index in [-0.39, 0.29) is 11.8 Å². The number of amides is 2. The van der Waals surface area contributed by atoms with Gasteiger partial charge in [-0.05, 0) is 55.4 Å². The second kappa shape index (κ2) is 9.52. The van der Waals surface area contributed by atoms with Gasteiger partial charge in [-0.25, -0.2) is 10.8 Å². The number of hydrogen-bond acceptors (Lipinski definition) is 5. The molecular formula is C24H38N7O2+. The molecule has 2 heterocycles. The van der Waals surface area contributed by atoms with Crippen molar-refractivity contribution in [2.45, 2.75) is 66.1 Å². The maximum atomic E-state index is 13.6. The number of nitrogens with two attached hydrogens (primary N) is 1. The maximum Gasteiger partial charge on any atom is 0.248 e. The van der Waals surface area contributed by atoms with E-state index in [1.807, 2.05) is 25.3 Å². The van der Waals surface area contributed by atoms with Crippen LogP contribution in [-0.4, -0.2) is 57.0 Å². The van der Waals surface area contributed by atoms with Crippen molar-refractivity contribution in [2.75, 3.05) is 13.6 Å². The smallest absolute Gasteiger partial charge is 0.248 e. The van der Waals surface area contributed by atoms with Gasteiger partial charge < -0.3 is 20.5 Å². The van der Waals surface area contributed by atoms with Crippen LogP contribution in [0.15, 0.2) is 30.4 Å². The minimum absolute atomic E-state index is 0.136. The molecule has 3 rings (SSSR count). The predicted molar refractivity (Wildman–Crippen MR) is 128 cm³/mol. The predicted octanol–water partition coefficient (Wildman–Crippen LogP) is 1.06. The molecule has 2 unspecified atom stereocenters. The molecule has 1 fully saturated rings. The van der Waals surface area contributed by atoms with Crippen molar-refractivity contribution in [3.8, 4) is 0 Å². The monoisotopic (exact) mass is 456 g/mol. The lowest BCUT2D eigenvalue weighted by atomic mass is 9.85. The van der Waals surface area contributed by atoms with Crippen LogP contribution in [0.1, 0.15) is 44.7 Å². The molecule has 6 N–H and O–H groups in total. The van der Waals surface area contributed by atoms with Gasteiger partial charge in [0.15, 0.2) is 0 Å². The van der Waals surface area contributed by atoms with Crippen LogP contribution in [0.2, 0.25) is 0 Å².